The molecule has 1 fully saturated rings. The maximum absolute atomic E-state index is 12.3. The average Bonchev–Trinajstić information content (AvgIpc) is 3.21. The van der Waals surface area contributed by atoms with Gasteiger partial charge in [-0.1, -0.05) is 29.8 Å². The molecule has 1 saturated heterocycles. The largest absolute Gasteiger partial charge is 0.459 e. The fourth-order valence-electron chi connectivity index (χ4n) is 3.01. The molecule has 2 aromatic rings. The topological polar surface area (TPSA) is 65.8 Å². The van der Waals surface area contributed by atoms with E-state index >= 15 is 0 Å². The normalized spacial score (nSPS) is 14.5. The summed E-state index contributed by atoms with van der Waals surface area (Å²) in [5.74, 6) is 0.374. The van der Waals surface area contributed by atoms with Crippen LogP contribution in [-0.4, -0.2) is 54.3 Å². The first-order valence-corrected chi connectivity index (χ1v) is 9.00. The summed E-state index contributed by atoms with van der Waals surface area (Å²) < 4.78 is 5.15. The third-order valence-corrected chi connectivity index (χ3v) is 4.62. The molecule has 0 aliphatic carbocycles. The van der Waals surface area contributed by atoms with Crippen molar-refractivity contribution in [1.82, 2.24) is 15.1 Å². The number of hydrogen-bond acceptors (Lipinski definition) is 4. The number of carbonyl (C=O) groups excluding carboxylic acids is 2. The van der Waals surface area contributed by atoms with E-state index in [0.717, 1.165) is 6.54 Å². The van der Waals surface area contributed by atoms with Gasteiger partial charge in [-0.15, -0.1) is 0 Å². The van der Waals surface area contributed by atoms with Gasteiger partial charge < -0.3 is 19.5 Å². The molecule has 3 rings (SSSR count). The van der Waals surface area contributed by atoms with Crippen LogP contribution >= 0.6 is 0 Å². The van der Waals surface area contributed by atoms with Gasteiger partial charge in [-0.05, 0) is 24.6 Å². The van der Waals surface area contributed by atoms with Gasteiger partial charge in [0.15, 0.2) is 5.76 Å². The molecular formula is C20H25N3O3. The molecule has 0 spiro atoms. The van der Waals surface area contributed by atoms with Crippen LogP contribution < -0.4 is 5.32 Å². The Kier molecular flexibility index (Phi) is 6.07. The SMILES string of the molecule is Cc1ccc(CNCCC(=O)N2CCN(C(=O)c3ccco3)CC2)cc1. The van der Waals surface area contributed by atoms with E-state index in [2.05, 4.69) is 36.5 Å². The van der Waals surface area contributed by atoms with Crippen molar-refractivity contribution in [2.75, 3.05) is 32.7 Å². The van der Waals surface area contributed by atoms with Crippen LogP contribution in [0.5, 0.6) is 0 Å². The lowest BCUT2D eigenvalue weighted by Crippen LogP contribution is -2.50. The molecule has 2 amide bonds. The Labute approximate surface area is 153 Å². The van der Waals surface area contributed by atoms with Gasteiger partial charge in [-0.2, -0.15) is 0 Å². The van der Waals surface area contributed by atoms with Crippen molar-refractivity contribution in [2.24, 2.45) is 0 Å². The van der Waals surface area contributed by atoms with E-state index < -0.39 is 0 Å². The second-order valence-electron chi connectivity index (χ2n) is 6.56. The third kappa shape index (κ3) is 4.73. The van der Waals surface area contributed by atoms with Crippen molar-refractivity contribution in [3.8, 4) is 0 Å². The van der Waals surface area contributed by atoms with Crippen LogP contribution in [0, 0.1) is 6.92 Å². The second-order valence-corrected chi connectivity index (χ2v) is 6.56. The van der Waals surface area contributed by atoms with Crippen LogP contribution in [0.25, 0.3) is 0 Å². The molecule has 1 aliphatic heterocycles. The number of piperazine rings is 1. The van der Waals surface area contributed by atoms with Gasteiger partial charge in [0.25, 0.3) is 5.91 Å². The molecule has 1 N–H and O–H groups in total. The van der Waals surface area contributed by atoms with E-state index in [9.17, 15) is 9.59 Å². The minimum absolute atomic E-state index is 0.109. The number of carbonyl (C=O) groups is 2. The number of rotatable bonds is 6. The van der Waals surface area contributed by atoms with Crippen molar-refractivity contribution >= 4 is 11.8 Å². The molecule has 0 atom stereocenters. The molecule has 0 bridgehead atoms. The maximum Gasteiger partial charge on any atom is 0.289 e. The van der Waals surface area contributed by atoms with Gasteiger partial charge in [0.1, 0.15) is 0 Å². The van der Waals surface area contributed by atoms with Crippen molar-refractivity contribution < 1.29 is 14.0 Å². The zero-order valence-corrected chi connectivity index (χ0v) is 15.1. The summed E-state index contributed by atoms with van der Waals surface area (Å²) in [5.41, 5.74) is 2.46. The van der Waals surface area contributed by atoms with Gasteiger partial charge in [-0.3, -0.25) is 9.59 Å². The number of nitrogens with one attached hydrogen (secondary N) is 1. The molecule has 2 heterocycles. The number of nitrogens with zero attached hydrogens (tertiary/aromatic N) is 2. The minimum Gasteiger partial charge on any atom is -0.459 e. The van der Waals surface area contributed by atoms with Crippen LogP contribution in [0.1, 0.15) is 28.1 Å². The predicted octanol–water partition coefficient (Wildman–Crippen LogP) is 2.05. The zero-order valence-electron chi connectivity index (χ0n) is 15.1. The Morgan fingerprint density at radius 1 is 1.04 bits per heavy atom. The molecule has 1 aromatic carbocycles. The second kappa shape index (κ2) is 8.67. The molecule has 138 valence electrons. The smallest absolute Gasteiger partial charge is 0.289 e. The summed E-state index contributed by atoms with van der Waals surface area (Å²) in [6.07, 6.45) is 1.97. The Hall–Kier alpha value is -2.60. The molecule has 0 radical (unpaired) electrons. The third-order valence-electron chi connectivity index (χ3n) is 4.62. The number of hydrogen-bond donors (Lipinski definition) is 1. The average molecular weight is 355 g/mol. The van der Waals surface area contributed by atoms with Crippen LogP contribution in [0.3, 0.4) is 0 Å². The van der Waals surface area contributed by atoms with Gasteiger partial charge in [-0.25, -0.2) is 0 Å². The molecule has 1 aromatic heterocycles. The van der Waals surface area contributed by atoms with Gasteiger partial charge in [0.05, 0.1) is 6.26 Å². The summed E-state index contributed by atoms with van der Waals surface area (Å²) in [4.78, 5) is 28.1. The van der Waals surface area contributed by atoms with Crippen molar-refractivity contribution in [3.63, 3.8) is 0 Å². The summed E-state index contributed by atoms with van der Waals surface area (Å²) in [5, 5.41) is 3.31. The van der Waals surface area contributed by atoms with Gasteiger partial charge in [0.2, 0.25) is 5.91 Å². The lowest BCUT2D eigenvalue weighted by molar-refractivity contribution is -0.132. The highest BCUT2D eigenvalue weighted by atomic mass is 16.3. The van der Waals surface area contributed by atoms with E-state index in [-0.39, 0.29) is 11.8 Å². The summed E-state index contributed by atoms with van der Waals surface area (Å²) in [6.45, 7) is 5.71. The van der Waals surface area contributed by atoms with E-state index in [1.807, 2.05) is 4.90 Å². The standard InChI is InChI=1S/C20H25N3O3/c1-16-4-6-17(7-5-16)15-21-9-8-19(24)22-10-12-23(13-11-22)20(25)18-3-2-14-26-18/h2-7,14,21H,8-13,15H2,1H3. The summed E-state index contributed by atoms with van der Waals surface area (Å²) in [6, 6.07) is 11.7. The highest BCUT2D eigenvalue weighted by Gasteiger charge is 2.25. The fraction of sp³-hybridized carbons (Fsp3) is 0.400. The molecular weight excluding hydrogens is 330 g/mol. The summed E-state index contributed by atoms with van der Waals surface area (Å²) in [7, 11) is 0. The first-order chi connectivity index (χ1) is 12.6. The van der Waals surface area contributed by atoms with Crippen LogP contribution in [0.15, 0.2) is 47.1 Å². The fourth-order valence-corrected chi connectivity index (χ4v) is 3.01. The molecule has 0 saturated carbocycles. The minimum atomic E-state index is -0.109. The lowest BCUT2D eigenvalue weighted by Gasteiger charge is -2.34. The Bertz CT molecular complexity index is 717. The van der Waals surface area contributed by atoms with Crippen LogP contribution in [0.4, 0.5) is 0 Å². The molecule has 1 aliphatic rings. The van der Waals surface area contributed by atoms with E-state index in [4.69, 9.17) is 4.42 Å². The highest BCUT2D eigenvalue weighted by Crippen LogP contribution is 2.10. The van der Waals surface area contributed by atoms with E-state index in [1.165, 1.54) is 17.4 Å². The van der Waals surface area contributed by atoms with E-state index in [1.54, 1.807) is 17.0 Å². The first kappa shape index (κ1) is 18.2. The van der Waals surface area contributed by atoms with Crippen molar-refractivity contribution in [1.29, 1.82) is 0 Å². The number of aryl methyl sites for hydroxylation is 1. The Morgan fingerprint density at radius 3 is 2.38 bits per heavy atom. The monoisotopic (exact) mass is 355 g/mol. The predicted molar refractivity (Wildman–Crippen MR) is 98.7 cm³/mol. The van der Waals surface area contributed by atoms with Gasteiger partial charge >= 0.3 is 0 Å². The molecule has 0 unspecified atom stereocenters. The van der Waals surface area contributed by atoms with Gasteiger partial charge in [0, 0.05) is 45.7 Å². The molecule has 6 heteroatoms. The first-order valence-electron chi connectivity index (χ1n) is 9.00. The quantitative estimate of drug-likeness (QED) is 0.806. The van der Waals surface area contributed by atoms with Crippen molar-refractivity contribution in [2.45, 2.75) is 19.9 Å². The maximum atomic E-state index is 12.3. The highest BCUT2D eigenvalue weighted by molar-refractivity contribution is 5.91. The number of amides is 2. The zero-order chi connectivity index (χ0) is 18.4. The van der Waals surface area contributed by atoms with E-state index in [0.29, 0.717) is 44.9 Å². The number of furan rings is 1. The Morgan fingerprint density at radius 2 is 1.73 bits per heavy atom. The van der Waals surface area contributed by atoms with Crippen LogP contribution in [-0.2, 0) is 11.3 Å². The lowest BCUT2D eigenvalue weighted by atomic mass is 10.1. The van der Waals surface area contributed by atoms with Crippen LogP contribution in [0.2, 0.25) is 0 Å². The van der Waals surface area contributed by atoms with Crippen molar-refractivity contribution in [3.05, 3.63) is 59.5 Å². The molecule has 6 nitrogen and oxygen atoms in total. The summed E-state index contributed by atoms with van der Waals surface area (Å²) >= 11 is 0. The molecule has 26 heavy (non-hydrogen) atoms. The number of benzene rings is 1. The Balaban J connectivity index is 1.36.